The molecule has 0 saturated heterocycles. The molecule has 1 rings (SSSR count). The molecule has 0 spiro atoms. The van der Waals surface area contributed by atoms with E-state index in [1.54, 1.807) is 30.2 Å². The van der Waals surface area contributed by atoms with Gasteiger partial charge in [-0.25, -0.2) is 0 Å². The summed E-state index contributed by atoms with van der Waals surface area (Å²) in [5.41, 5.74) is 0.826. The van der Waals surface area contributed by atoms with Crippen molar-refractivity contribution in [2.75, 3.05) is 20.7 Å². The maximum Gasteiger partial charge on any atom is 0.325 e. The van der Waals surface area contributed by atoms with Crippen LogP contribution < -0.4 is 0 Å². The highest BCUT2D eigenvalue weighted by molar-refractivity contribution is 5.93. The van der Waals surface area contributed by atoms with Crippen LogP contribution in [0.25, 0.3) is 6.08 Å². The van der Waals surface area contributed by atoms with Gasteiger partial charge in [-0.2, -0.15) is 5.10 Å². The van der Waals surface area contributed by atoms with Crippen molar-refractivity contribution in [3.63, 3.8) is 0 Å². The summed E-state index contributed by atoms with van der Waals surface area (Å²) in [6, 6.07) is 0. The quantitative estimate of drug-likeness (QED) is 0.549. The summed E-state index contributed by atoms with van der Waals surface area (Å²) in [6.45, 7) is -0.0628. The minimum atomic E-state index is -0.448. The summed E-state index contributed by atoms with van der Waals surface area (Å²) in [4.78, 5) is 23.8. The highest BCUT2D eigenvalue weighted by atomic mass is 16.5. The number of nitrogens with zero attached hydrogens (tertiary/aromatic N) is 3. The molecule has 0 bridgehead atoms. The van der Waals surface area contributed by atoms with Gasteiger partial charge in [0, 0.05) is 31.9 Å². The van der Waals surface area contributed by atoms with Gasteiger partial charge in [-0.05, 0) is 6.08 Å². The highest BCUT2D eigenvalue weighted by Gasteiger charge is 2.09. The van der Waals surface area contributed by atoms with Crippen LogP contribution >= 0.6 is 0 Å². The van der Waals surface area contributed by atoms with Crippen LogP contribution in [-0.2, 0) is 21.4 Å². The number of carbonyl (C=O) groups excluding carboxylic acids is 2. The molecule has 0 aliphatic heterocycles. The Morgan fingerprint density at radius 3 is 2.82 bits per heavy atom. The maximum atomic E-state index is 11.6. The van der Waals surface area contributed by atoms with Crippen molar-refractivity contribution in [2.24, 2.45) is 7.05 Å². The molecule has 0 radical (unpaired) electrons. The van der Waals surface area contributed by atoms with E-state index in [1.165, 1.54) is 25.1 Å². The number of rotatable bonds is 4. The Labute approximate surface area is 99.5 Å². The number of hydrogen-bond acceptors (Lipinski definition) is 4. The van der Waals surface area contributed by atoms with Crippen molar-refractivity contribution in [3.05, 3.63) is 24.0 Å². The molecule has 17 heavy (non-hydrogen) atoms. The first-order valence-corrected chi connectivity index (χ1v) is 5.01. The lowest BCUT2D eigenvalue weighted by Gasteiger charge is -2.12. The number of aromatic nitrogens is 2. The summed E-state index contributed by atoms with van der Waals surface area (Å²) < 4.78 is 6.11. The van der Waals surface area contributed by atoms with Gasteiger partial charge >= 0.3 is 5.97 Å². The Morgan fingerprint density at radius 1 is 1.59 bits per heavy atom. The van der Waals surface area contributed by atoms with E-state index in [1.807, 2.05) is 0 Å². The molecule has 1 heterocycles. The molecule has 6 nitrogen and oxygen atoms in total. The number of hydrogen-bond donors (Lipinski definition) is 0. The molecule has 0 aliphatic rings. The standard InChI is InChI=1S/C11H15N3O3/c1-13(8-11(16)17-3)10(15)5-4-9-6-12-14(2)7-9/h4-7H,8H2,1-3H3/b5-4+. The van der Waals surface area contributed by atoms with Gasteiger partial charge in [0.25, 0.3) is 0 Å². The van der Waals surface area contributed by atoms with Crippen molar-refractivity contribution < 1.29 is 14.3 Å². The van der Waals surface area contributed by atoms with Crippen molar-refractivity contribution >= 4 is 18.0 Å². The van der Waals surface area contributed by atoms with Crippen LogP contribution in [0.5, 0.6) is 0 Å². The molecule has 1 amide bonds. The smallest absolute Gasteiger partial charge is 0.325 e. The topological polar surface area (TPSA) is 64.4 Å². The first kappa shape index (κ1) is 13.0. The van der Waals surface area contributed by atoms with Crippen molar-refractivity contribution in [1.29, 1.82) is 0 Å². The number of amides is 1. The van der Waals surface area contributed by atoms with Crippen LogP contribution in [0, 0.1) is 0 Å². The number of aryl methyl sites for hydroxylation is 1. The normalized spacial score (nSPS) is 10.5. The van der Waals surface area contributed by atoms with Crippen LogP contribution in [0.15, 0.2) is 18.5 Å². The van der Waals surface area contributed by atoms with Gasteiger partial charge in [0.05, 0.1) is 13.3 Å². The van der Waals surface area contributed by atoms with Crippen LogP contribution in [0.1, 0.15) is 5.56 Å². The third kappa shape index (κ3) is 4.10. The molecular weight excluding hydrogens is 222 g/mol. The minimum absolute atomic E-state index is 0.0628. The molecule has 0 unspecified atom stereocenters. The molecule has 1 aromatic heterocycles. The van der Waals surface area contributed by atoms with E-state index < -0.39 is 5.97 Å². The van der Waals surface area contributed by atoms with Gasteiger partial charge < -0.3 is 9.64 Å². The number of methoxy groups -OCH3 is 1. The van der Waals surface area contributed by atoms with Crippen molar-refractivity contribution in [1.82, 2.24) is 14.7 Å². The second-order valence-corrected chi connectivity index (χ2v) is 3.55. The van der Waals surface area contributed by atoms with E-state index in [-0.39, 0.29) is 12.5 Å². The highest BCUT2D eigenvalue weighted by Crippen LogP contribution is 2.00. The third-order valence-electron chi connectivity index (χ3n) is 2.11. The minimum Gasteiger partial charge on any atom is -0.468 e. The summed E-state index contributed by atoms with van der Waals surface area (Å²) in [5.74, 6) is -0.713. The molecule has 0 aromatic carbocycles. The largest absolute Gasteiger partial charge is 0.468 e. The Balaban J connectivity index is 2.54. The Morgan fingerprint density at radius 2 is 2.29 bits per heavy atom. The van der Waals surface area contributed by atoms with Gasteiger partial charge in [-0.3, -0.25) is 14.3 Å². The van der Waals surface area contributed by atoms with Crippen LogP contribution in [0.3, 0.4) is 0 Å². The fourth-order valence-electron chi connectivity index (χ4n) is 1.16. The van der Waals surface area contributed by atoms with Crippen LogP contribution in [0.2, 0.25) is 0 Å². The molecular formula is C11H15N3O3. The molecule has 92 valence electrons. The second kappa shape index (κ2) is 5.83. The molecule has 0 saturated carbocycles. The average molecular weight is 237 g/mol. The van der Waals surface area contributed by atoms with E-state index in [2.05, 4.69) is 9.84 Å². The first-order valence-electron chi connectivity index (χ1n) is 5.01. The molecule has 0 aliphatic carbocycles. The number of carbonyl (C=O) groups is 2. The van der Waals surface area contributed by atoms with E-state index >= 15 is 0 Å². The van der Waals surface area contributed by atoms with Gasteiger partial charge in [0.15, 0.2) is 0 Å². The zero-order chi connectivity index (χ0) is 12.8. The van der Waals surface area contributed by atoms with Gasteiger partial charge in [0.1, 0.15) is 6.54 Å². The summed E-state index contributed by atoms with van der Waals surface area (Å²) in [6.07, 6.45) is 6.46. The van der Waals surface area contributed by atoms with E-state index in [4.69, 9.17) is 0 Å². The summed E-state index contributed by atoms with van der Waals surface area (Å²) >= 11 is 0. The SMILES string of the molecule is COC(=O)CN(C)C(=O)/C=C/c1cnn(C)c1. The number of likely N-dealkylation sites (N-methyl/N-ethyl adjacent to an activating group) is 1. The third-order valence-corrected chi connectivity index (χ3v) is 2.11. The molecule has 1 aromatic rings. The predicted molar refractivity (Wildman–Crippen MR) is 61.9 cm³/mol. The maximum absolute atomic E-state index is 11.6. The molecule has 0 atom stereocenters. The predicted octanol–water partition coefficient (Wildman–Crippen LogP) is 0.0647. The lowest BCUT2D eigenvalue weighted by atomic mass is 10.3. The van der Waals surface area contributed by atoms with Gasteiger partial charge in [-0.15, -0.1) is 0 Å². The Hall–Kier alpha value is -2.11. The Kier molecular flexibility index (Phi) is 4.45. The fraction of sp³-hybridized carbons (Fsp3) is 0.364. The summed E-state index contributed by atoms with van der Waals surface area (Å²) in [5, 5.41) is 3.97. The van der Waals surface area contributed by atoms with Crippen molar-refractivity contribution in [2.45, 2.75) is 0 Å². The van der Waals surface area contributed by atoms with E-state index in [0.717, 1.165) is 5.56 Å². The monoisotopic (exact) mass is 237 g/mol. The zero-order valence-corrected chi connectivity index (χ0v) is 10.1. The second-order valence-electron chi connectivity index (χ2n) is 3.55. The lowest BCUT2D eigenvalue weighted by molar-refractivity contribution is -0.144. The van der Waals surface area contributed by atoms with Crippen molar-refractivity contribution in [3.8, 4) is 0 Å². The average Bonchev–Trinajstić information content (AvgIpc) is 2.71. The van der Waals surface area contributed by atoms with Gasteiger partial charge in [-0.1, -0.05) is 0 Å². The van der Waals surface area contributed by atoms with E-state index in [9.17, 15) is 9.59 Å². The fourth-order valence-corrected chi connectivity index (χ4v) is 1.16. The van der Waals surface area contributed by atoms with Crippen LogP contribution in [0.4, 0.5) is 0 Å². The molecule has 0 N–H and O–H groups in total. The number of ether oxygens (including phenoxy) is 1. The molecule has 0 fully saturated rings. The zero-order valence-electron chi connectivity index (χ0n) is 10.1. The van der Waals surface area contributed by atoms with E-state index in [0.29, 0.717) is 0 Å². The Bertz CT molecular complexity index is 437. The molecule has 6 heteroatoms. The summed E-state index contributed by atoms with van der Waals surface area (Å²) in [7, 11) is 4.61. The first-order chi connectivity index (χ1) is 8.02. The van der Waals surface area contributed by atoms with Crippen LogP contribution in [-0.4, -0.2) is 47.3 Å². The van der Waals surface area contributed by atoms with Gasteiger partial charge in [0.2, 0.25) is 5.91 Å². The number of esters is 1. The lowest BCUT2D eigenvalue weighted by Crippen LogP contribution is -2.31.